The maximum absolute atomic E-state index is 13.0. The third-order valence-electron chi connectivity index (χ3n) is 5.74. The van der Waals surface area contributed by atoms with E-state index in [9.17, 15) is 9.59 Å². The quantitative estimate of drug-likeness (QED) is 0.302. The second-order valence-electron chi connectivity index (χ2n) is 8.04. The van der Waals surface area contributed by atoms with Gasteiger partial charge in [-0.3, -0.25) is 9.59 Å². The molecule has 3 rings (SSSR count). The molecule has 0 spiro atoms. The smallest absolute Gasteiger partial charge is 0.319 e. The molecule has 7 nitrogen and oxygen atoms in total. The summed E-state index contributed by atoms with van der Waals surface area (Å²) in [5.41, 5.74) is 2.93. The van der Waals surface area contributed by atoms with E-state index in [0.717, 1.165) is 64.0 Å². The summed E-state index contributed by atoms with van der Waals surface area (Å²) in [4.78, 5) is 32.3. The van der Waals surface area contributed by atoms with Crippen molar-refractivity contribution in [2.75, 3.05) is 7.11 Å². The third kappa shape index (κ3) is 6.22. The van der Waals surface area contributed by atoms with Gasteiger partial charge in [-0.15, -0.1) is 0 Å². The summed E-state index contributed by atoms with van der Waals surface area (Å²) in [5.74, 6) is 1.73. The number of Topliss-reactive ketones (excluding diaryl/α,β-unsaturated/α-hetero) is 1. The molecule has 0 saturated carbocycles. The van der Waals surface area contributed by atoms with E-state index in [1.165, 1.54) is 0 Å². The first kappa shape index (κ1) is 24.0. The first-order valence-electron chi connectivity index (χ1n) is 11.1. The number of nitrogens with zero attached hydrogens (tertiary/aromatic N) is 1. The first-order valence-corrected chi connectivity index (χ1v) is 11.9. The number of fused-ring (bicyclic) bond motifs is 1. The number of amidine groups is 1. The third-order valence-corrected chi connectivity index (χ3v) is 6.14. The maximum Gasteiger partial charge on any atom is 0.319 e. The predicted molar refractivity (Wildman–Crippen MR) is 131 cm³/mol. The van der Waals surface area contributed by atoms with Crippen molar-refractivity contribution >= 4 is 44.4 Å². The van der Waals surface area contributed by atoms with E-state index in [-0.39, 0.29) is 18.4 Å². The number of carbonyl (C=O) groups excluding carboxylic acids is 2. The van der Waals surface area contributed by atoms with Crippen LogP contribution in [-0.4, -0.2) is 35.7 Å². The van der Waals surface area contributed by atoms with E-state index < -0.39 is 0 Å². The fourth-order valence-corrected chi connectivity index (χ4v) is 4.22. The van der Waals surface area contributed by atoms with Crippen molar-refractivity contribution in [1.29, 1.82) is 0 Å². The number of amides is 1. The summed E-state index contributed by atoms with van der Waals surface area (Å²) in [6.45, 7) is 3.88. The van der Waals surface area contributed by atoms with Crippen molar-refractivity contribution in [3.8, 4) is 5.75 Å². The van der Waals surface area contributed by atoms with Crippen molar-refractivity contribution in [1.82, 2.24) is 20.6 Å². The zero-order valence-corrected chi connectivity index (χ0v) is 20.5. The molecule has 0 aliphatic carbocycles. The summed E-state index contributed by atoms with van der Waals surface area (Å²) in [7, 11) is 1.64. The van der Waals surface area contributed by atoms with Crippen LogP contribution in [0.2, 0.25) is 0 Å². The van der Waals surface area contributed by atoms with Gasteiger partial charge in [-0.2, -0.15) is 0 Å². The number of aromatic nitrogens is 1. The Morgan fingerprint density at radius 3 is 2.75 bits per heavy atom. The molecule has 1 aromatic carbocycles. The van der Waals surface area contributed by atoms with E-state index in [4.69, 9.17) is 4.74 Å². The number of aliphatic imine (C=N–C) groups is 1. The van der Waals surface area contributed by atoms with Crippen molar-refractivity contribution in [2.24, 2.45) is 0 Å². The first-order chi connectivity index (χ1) is 15.4. The van der Waals surface area contributed by atoms with Gasteiger partial charge in [-0.25, -0.2) is 5.32 Å². The number of methoxy groups -OCH3 is 1. The van der Waals surface area contributed by atoms with Crippen LogP contribution in [0.15, 0.2) is 29.0 Å². The molecule has 2 aromatic rings. The molecule has 1 atom stereocenters. The SMILES string of the molecule is CCC(=O)CCCCC[C@H](NC(=O)Cc1c(C)[nH]c2ccc(OC)cc12)C1=[N+]C=C(Br)N1. The van der Waals surface area contributed by atoms with Gasteiger partial charge in [0.05, 0.1) is 13.5 Å². The van der Waals surface area contributed by atoms with Gasteiger partial charge in [0.25, 0.3) is 0 Å². The number of hydrogen-bond donors (Lipinski definition) is 3. The van der Waals surface area contributed by atoms with Gasteiger partial charge in [0.2, 0.25) is 10.5 Å². The number of aryl methyl sites for hydroxylation is 1. The monoisotopic (exact) mass is 502 g/mol. The molecule has 1 aromatic heterocycles. The van der Waals surface area contributed by atoms with E-state index in [1.807, 2.05) is 32.0 Å². The second kappa shape index (κ2) is 11.3. The van der Waals surface area contributed by atoms with Crippen LogP contribution in [0.5, 0.6) is 5.75 Å². The summed E-state index contributed by atoms with van der Waals surface area (Å²) in [5, 5.41) is 7.32. The molecule has 0 fully saturated rings. The summed E-state index contributed by atoms with van der Waals surface area (Å²) < 4.78 is 6.13. The average molecular weight is 503 g/mol. The molecule has 0 bridgehead atoms. The second-order valence-corrected chi connectivity index (χ2v) is 8.90. The molecule has 0 unspecified atom stereocenters. The molecular weight excluding hydrogens is 472 g/mol. The molecule has 0 saturated heterocycles. The van der Waals surface area contributed by atoms with E-state index in [0.29, 0.717) is 18.6 Å². The van der Waals surface area contributed by atoms with Gasteiger partial charge in [0.15, 0.2) is 6.20 Å². The highest BCUT2D eigenvalue weighted by Gasteiger charge is 2.29. The Balaban J connectivity index is 1.64. The number of rotatable bonds is 12. The Bertz CT molecular complexity index is 1040. The van der Waals surface area contributed by atoms with Crippen LogP contribution in [0.25, 0.3) is 10.9 Å². The topological polar surface area (TPSA) is 97.3 Å². The van der Waals surface area contributed by atoms with E-state index >= 15 is 0 Å². The minimum absolute atomic E-state index is 0.0597. The van der Waals surface area contributed by atoms with Crippen LogP contribution < -0.4 is 20.4 Å². The summed E-state index contributed by atoms with van der Waals surface area (Å²) >= 11 is 3.40. The fourth-order valence-electron chi connectivity index (χ4n) is 3.91. The summed E-state index contributed by atoms with van der Waals surface area (Å²) in [6.07, 6.45) is 6.68. The average Bonchev–Trinajstić information content (AvgIpc) is 3.35. The van der Waals surface area contributed by atoms with Crippen molar-refractivity contribution in [3.63, 3.8) is 0 Å². The van der Waals surface area contributed by atoms with Crippen LogP contribution in [0.1, 0.15) is 56.7 Å². The maximum atomic E-state index is 13.0. The van der Waals surface area contributed by atoms with Gasteiger partial charge in [-0.1, -0.05) is 19.8 Å². The molecule has 171 valence electrons. The van der Waals surface area contributed by atoms with Gasteiger partial charge in [-0.05, 0) is 48.5 Å². The fraction of sp³-hybridized carbons (Fsp3) is 0.458. The van der Waals surface area contributed by atoms with Crippen molar-refractivity contribution < 1.29 is 14.3 Å². The number of carbonyl (C=O) groups is 2. The molecule has 8 heteroatoms. The molecule has 2 heterocycles. The lowest BCUT2D eigenvalue weighted by Crippen LogP contribution is -2.46. The Hall–Kier alpha value is -2.61. The molecule has 1 radical (unpaired) electrons. The molecule has 32 heavy (non-hydrogen) atoms. The van der Waals surface area contributed by atoms with Crippen molar-refractivity contribution in [3.05, 3.63) is 40.3 Å². The zero-order valence-electron chi connectivity index (χ0n) is 18.9. The molecule has 1 aliphatic heterocycles. The van der Waals surface area contributed by atoms with Crippen LogP contribution in [-0.2, 0) is 16.0 Å². The van der Waals surface area contributed by atoms with E-state index in [1.54, 1.807) is 13.3 Å². The van der Waals surface area contributed by atoms with Crippen LogP contribution in [0.4, 0.5) is 0 Å². The Kier molecular flexibility index (Phi) is 8.50. The Morgan fingerprint density at radius 2 is 2.06 bits per heavy atom. The normalized spacial score (nSPS) is 14.0. The highest BCUT2D eigenvalue weighted by Crippen LogP contribution is 2.26. The number of benzene rings is 1. The van der Waals surface area contributed by atoms with Gasteiger partial charge >= 0.3 is 5.84 Å². The number of H-pyrrole nitrogens is 1. The lowest BCUT2D eigenvalue weighted by molar-refractivity contribution is -0.121. The molecule has 1 amide bonds. The standard InChI is InChI=1S/C24H31BrN4O3/c1-4-16(30)8-6-5-7-9-21(24-26-14-22(25)29-24)28-23(31)13-18-15(2)27-20-11-10-17(32-3)12-19(18)20/h10-12,14,21,27,29H,4-9,13H2,1-3H3,(H,28,31)/q+1/t21-/m0/s1. The highest BCUT2D eigenvalue weighted by molar-refractivity contribution is 9.11. The molecule has 3 N–H and O–H groups in total. The largest absolute Gasteiger partial charge is 0.497 e. The highest BCUT2D eigenvalue weighted by atomic mass is 79.9. The van der Waals surface area contributed by atoms with Gasteiger partial charge in [0, 0.05) is 45.4 Å². The molecule has 1 aliphatic rings. The Labute approximate surface area is 197 Å². The number of ketones is 1. The predicted octanol–water partition coefficient (Wildman–Crippen LogP) is 3.97. The minimum atomic E-state index is -0.212. The van der Waals surface area contributed by atoms with Gasteiger partial charge in [0.1, 0.15) is 17.6 Å². The number of unbranched alkanes of at least 4 members (excludes halogenated alkanes) is 2. The van der Waals surface area contributed by atoms with Crippen LogP contribution in [0, 0.1) is 6.92 Å². The minimum Gasteiger partial charge on any atom is -0.497 e. The van der Waals surface area contributed by atoms with Crippen molar-refractivity contribution in [2.45, 2.75) is 64.8 Å². The lowest BCUT2D eigenvalue weighted by atomic mass is 10.0. The lowest BCUT2D eigenvalue weighted by Gasteiger charge is -2.15. The van der Waals surface area contributed by atoms with Crippen LogP contribution in [0.3, 0.4) is 0 Å². The summed E-state index contributed by atoms with van der Waals surface area (Å²) in [6, 6.07) is 5.62. The number of hydrogen-bond acceptors (Lipinski definition) is 5. The van der Waals surface area contributed by atoms with Crippen LogP contribution >= 0.6 is 15.9 Å². The number of aromatic amines is 1. The number of ether oxygens (including phenoxy) is 1. The van der Waals surface area contributed by atoms with E-state index in [2.05, 4.69) is 36.5 Å². The number of nitrogens with one attached hydrogen (secondary N) is 3. The number of halogens is 1. The Morgan fingerprint density at radius 1 is 1.25 bits per heavy atom. The zero-order chi connectivity index (χ0) is 23.1. The van der Waals surface area contributed by atoms with Gasteiger partial charge < -0.3 is 15.0 Å². The molecular formula is C24H31BrN4O3+.